The number of alkyl halides is 3. The molecule has 1 aromatic heterocycles. The number of hydrogen-bond donors (Lipinski definition) is 2. The van der Waals surface area contributed by atoms with Crippen LogP contribution in [0.15, 0.2) is 59.0 Å². The summed E-state index contributed by atoms with van der Waals surface area (Å²) in [4.78, 5) is 12.4. The highest BCUT2D eigenvalue weighted by Gasteiger charge is 2.30. The van der Waals surface area contributed by atoms with Crippen molar-refractivity contribution >= 4 is 11.6 Å². The lowest BCUT2D eigenvalue weighted by atomic mass is 10.1. The van der Waals surface area contributed by atoms with Crippen molar-refractivity contribution in [2.24, 2.45) is 0 Å². The number of carbonyl (C=O) groups is 1. The van der Waals surface area contributed by atoms with E-state index in [2.05, 4.69) is 10.6 Å². The number of carbonyl (C=O) groups excluding carboxylic acids is 1. The van der Waals surface area contributed by atoms with Crippen LogP contribution in [0.1, 0.15) is 34.6 Å². The van der Waals surface area contributed by atoms with Crippen LogP contribution < -0.4 is 10.6 Å². The number of amides is 1. The van der Waals surface area contributed by atoms with Crippen molar-refractivity contribution in [2.45, 2.75) is 19.1 Å². The molecule has 4 nitrogen and oxygen atoms in total. The highest BCUT2D eigenvalue weighted by Crippen LogP contribution is 2.32. The van der Waals surface area contributed by atoms with Gasteiger partial charge in [-0.15, -0.1) is 0 Å². The van der Waals surface area contributed by atoms with Crippen LogP contribution in [-0.4, -0.2) is 13.0 Å². The molecule has 0 saturated heterocycles. The summed E-state index contributed by atoms with van der Waals surface area (Å²) in [5.41, 5.74) is 0.290. The molecule has 0 radical (unpaired) electrons. The Labute approximate surface area is 164 Å². The van der Waals surface area contributed by atoms with Gasteiger partial charge >= 0.3 is 6.18 Å². The SMILES string of the molecule is CNc1ccc(C(C)NC(=O)c2ccc(-c3cccc(C(F)(F)F)c3)o2)cc1F. The molecule has 1 unspecified atom stereocenters. The highest BCUT2D eigenvalue weighted by molar-refractivity contribution is 5.92. The molecule has 2 aromatic carbocycles. The van der Waals surface area contributed by atoms with Gasteiger partial charge in [-0.05, 0) is 48.9 Å². The number of halogens is 4. The number of benzene rings is 2. The summed E-state index contributed by atoms with van der Waals surface area (Å²) in [6, 6.07) is 11.5. The first-order valence-electron chi connectivity index (χ1n) is 8.74. The van der Waals surface area contributed by atoms with Crippen LogP contribution in [0.4, 0.5) is 23.2 Å². The van der Waals surface area contributed by atoms with Crippen LogP contribution >= 0.6 is 0 Å². The quantitative estimate of drug-likeness (QED) is 0.540. The van der Waals surface area contributed by atoms with Crippen molar-refractivity contribution in [3.8, 4) is 11.3 Å². The predicted octanol–water partition coefficient (Wildman–Crippen LogP) is 5.64. The second kappa shape index (κ2) is 7.98. The van der Waals surface area contributed by atoms with Crippen LogP contribution in [0.5, 0.6) is 0 Å². The Kier molecular flexibility index (Phi) is 5.63. The topological polar surface area (TPSA) is 54.3 Å². The number of rotatable bonds is 5. The maximum atomic E-state index is 13.9. The van der Waals surface area contributed by atoms with Crippen LogP contribution in [0.2, 0.25) is 0 Å². The second-order valence-corrected chi connectivity index (χ2v) is 6.43. The number of hydrogen-bond acceptors (Lipinski definition) is 3. The molecule has 29 heavy (non-hydrogen) atoms. The van der Waals surface area contributed by atoms with Crippen molar-refractivity contribution in [3.05, 3.63) is 77.3 Å². The zero-order valence-electron chi connectivity index (χ0n) is 15.6. The van der Waals surface area contributed by atoms with Gasteiger partial charge in [0.2, 0.25) is 0 Å². The van der Waals surface area contributed by atoms with Crippen molar-refractivity contribution in [3.63, 3.8) is 0 Å². The van der Waals surface area contributed by atoms with Gasteiger partial charge < -0.3 is 15.1 Å². The van der Waals surface area contributed by atoms with Crippen LogP contribution in [-0.2, 0) is 6.18 Å². The van der Waals surface area contributed by atoms with E-state index in [1.165, 1.54) is 30.3 Å². The molecule has 2 N–H and O–H groups in total. The lowest BCUT2D eigenvalue weighted by Gasteiger charge is -2.14. The fraction of sp³-hybridized carbons (Fsp3) is 0.190. The number of nitrogens with one attached hydrogen (secondary N) is 2. The largest absolute Gasteiger partial charge is 0.451 e. The molecular formula is C21H18F4N2O2. The Morgan fingerprint density at radius 2 is 1.83 bits per heavy atom. The van der Waals surface area contributed by atoms with E-state index in [0.717, 1.165) is 12.1 Å². The first-order valence-corrected chi connectivity index (χ1v) is 8.74. The molecule has 1 amide bonds. The van der Waals surface area contributed by atoms with E-state index in [4.69, 9.17) is 4.42 Å². The zero-order valence-corrected chi connectivity index (χ0v) is 15.6. The smallest absolute Gasteiger partial charge is 0.416 e. The Bertz CT molecular complexity index is 1030. The average Bonchev–Trinajstić information content (AvgIpc) is 3.17. The molecule has 0 aliphatic rings. The van der Waals surface area contributed by atoms with E-state index in [-0.39, 0.29) is 17.1 Å². The molecule has 1 atom stereocenters. The van der Waals surface area contributed by atoms with E-state index in [0.29, 0.717) is 11.3 Å². The molecule has 0 spiro atoms. The monoisotopic (exact) mass is 406 g/mol. The van der Waals surface area contributed by atoms with Crippen LogP contribution in [0.25, 0.3) is 11.3 Å². The standard InChI is InChI=1S/C21H18F4N2O2/c1-12(13-6-7-17(26-2)16(22)11-13)27-20(28)19-9-8-18(29-19)14-4-3-5-15(10-14)21(23,24)25/h3-12,26H,1-2H3,(H,27,28). The van der Waals surface area contributed by atoms with Gasteiger partial charge in [-0.3, -0.25) is 4.79 Å². The Morgan fingerprint density at radius 3 is 2.48 bits per heavy atom. The molecule has 152 valence electrons. The maximum absolute atomic E-state index is 13.9. The van der Waals surface area contributed by atoms with Crippen LogP contribution in [0, 0.1) is 5.82 Å². The summed E-state index contributed by atoms with van der Waals surface area (Å²) in [7, 11) is 1.60. The first kappa shape index (κ1) is 20.4. The van der Waals surface area contributed by atoms with Gasteiger partial charge in [-0.2, -0.15) is 13.2 Å². The molecule has 1 heterocycles. The molecule has 0 aliphatic carbocycles. The highest BCUT2D eigenvalue weighted by atomic mass is 19.4. The van der Waals surface area contributed by atoms with E-state index in [1.807, 2.05) is 0 Å². The van der Waals surface area contributed by atoms with Gasteiger partial charge in [0.15, 0.2) is 5.76 Å². The fourth-order valence-electron chi connectivity index (χ4n) is 2.82. The Morgan fingerprint density at radius 1 is 1.07 bits per heavy atom. The molecule has 3 rings (SSSR count). The average molecular weight is 406 g/mol. The van der Waals surface area contributed by atoms with E-state index < -0.39 is 29.5 Å². The van der Waals surface area contributed by atoms with Crippen molar-refractivity contribution in [1.82, 2.24) is 5.32 Å². The molecule has 0 aliphatic heterocycles. The maximum Gasteiger partial charge on any atom is 0.416 e. The molecule has 3 aromatic rings. The van der Waals surface area contributed by atoms with Gasteiger partial charge in [-0.25, -0.2) is 4.39 Å². The molecular weight excluding hydrogens is 388 g/mol. The molecule has 0 bridgehead atoms. The van der Waals surface area contributed by atoms with Crippen molar-refractivity contribution in [1.29, 1.82) is 0 Å². The minimum atomic E-state index is -4.48. The minimum Gasteiger partial charge on any atom is -0.451 e. The zero-order chi connectivity index (χ0) is 21.2. The number of anilines is 1. The molecule has 0 saturated carbocycles. The second-order valence-electron chi connectivity index (χ2n) is 6.43. The van der Waals surface area contributed by atoms with Gasteiger partial charge in [-0.1, -0.05) is 18.2 Å². The van der Waals surface area contributed by atoms with Crippen molar-refractivity contribution in [2.75, 3.05) is 12.4 Å². The third-order valence-electron chi connectivity index (χ3n) is 4.41. The lowest BCUT2D eigenvalue weighted by molar-refractivity contribution is -0.137. The van der Waals surface area contributed by atoms with E-state index in [1.54, 1.807) is 26.1 Å². The minimum absolute atomic E-state index is 0.0587. The summed E-state index contributed by atoms with van der Waals surface area (Å²) in [5.74, 6) is -0.931. The van der Waals surface area contributed by atoms with E-state index >= 15 is 0 Å². The number of furan rings is 1. The predicted molar refractivity (Wildman–Crippen MR) is 101 cm³/mol. The summed E-state index contributed by atoms with van der Waals surface area (Å²) >= 11 is 0. The third kappa shape index (κ3) is 4.59. The lowest BCUT2D eigenvalue weighted by Crippen LogP contribution is -2.26. The molecule has 8 heteroatoms. The first-order chi connectivity index (χ1) is 13.7. The summed E-state index contributed by atoms with van der Waals surface area (Å²) in [6.07, 6.45) is -4.48. The van der Waals surface area contributed by atoms with E-state index in [9.17, 15) is 22.4 Å². The van der Waals surface area contributed by atoms with Crippen molar-refractivity contribution < 1.29 is 26.8 Å². The van der Waals surface area contributed by atoms with Gasteiger partial charge in [0, 0.05) is 12.6 Å². The third-order valence-corrected chi connectivity index (χ3v) is 4.41. The summed E-state index contributed by atoms with van der Waals surface area (Å²) in [5, 5.41) is 5.39. The van der Waals surface area contributed by atoms with Gasteiger partial charge in [0.25, 0.3) is 5.91 Å². The normalized spacial score (nSPS) is 12.5. The van der Waals surface area contributed by atoms with Crippen LogP contribution in [0.3, 0.4) is 0 Å². The summed E-state index contributed by atoms with van der Waals surface area (Å²) in [6.45, 7) is 1.68. The van der Waals surface area contributed by atoms with Gasteiger partial charge in [0.1, 0.15) is 11.6 Å². The molecule has 0 fully saturated rings. The summed E-state index contributed by atoms with van der Waals surface area (Å²) < 4.78 is 58.0. The Balaban J connectivity index is 1.75. The van der Waals surface area contributed by atoms with Gasteiger partial charge in [0.05, 0.1) is 17.3 Å². The fourth-order valence-corrected chi connectivity index (χ4v) is 2.82. The Hall–Kier alpha value is -3.29.